The smallest absolute Gasteiger partial charge is 0.339 e. The lowest BCUT2D eigenvalue weighted by molar-refractivity contribution is -0.136. The third-order valence-electron chi connectivity index (χ3n) is 4.69. The van der Waals surface area contributed by atoms with Crippen LogP contribution in [0, 0.1) is 0 Å². The van der Waals surface area contributed by atoms with Gasteiger partial charge in [-0.1, -0.05) is 18.2 Å². The Kier molecular flexibility index (Phi) is 7.26. The Morgan fingerprint density at radius 3 is 2.35 bits per heavy atom. The molecule has 1 heterocycles. The van der Waals surface area contributed by atoms with Crippen LogP contribution in [0.4, 0.5) is 5.69 Å². The quantitative estimate of drug-likeness (QED) is 0.240. The normalized spacial score (nSPS) is 14.3. The van der Waals surface area contributed by atoms with Gasteiger partial charge in [0, 0.05) is 6.54 Å². The first-order valence-electron chi connectivity index (χ1n) is 9.57. The lowest BCUT2D eigenvalue weighted by Crippen LogP contribution is -2.31. The fraction of sp³-hybridized carbons (Fsp3) is 0.200. The molecule has 0 atom stereocenters. The Balaban J connectivity index is 2.10. The second-order valence-electron chi connectivity index (χ2n) is 6.90. The highest BCUT2D eigenvalue weighted by Gasteiger charge is 2.35. The number of nitrogens with one attached hydrogen (secondary N) is 1. The van der Waals surface area contributed by atoms with Gasteiger partial charge in [-0.2, -0.15) is 16.8 Å². The zero-order valence-corrected chi connectivity index (χ0v) is 19.3. The number of nitrogens with zero attached hydrogens (tertiary/aromatic N) is 1. The number of amides is 1. The second-order valence-corrected chi connectivity index (χ2v) is 9.87. The van der Waals surface area contributed by atoms with Crippen molar-refractivity contribution in [2.45, 2.75) is 9.79 Å². The van der Waals surface area contributed by atoms with E-state index < -0.39 is 49.4 Å². The molecule has 1 aliphatic heterocycles. The molecule has 3 rings (SSSR count). The molecule has 1 amide bonds. The number of esters is 1. The molecule has 0 fully saturated rings. The molecule has 0 spiro atoms. The molecule has 1 aliphatic rings. The Hall–Kier alpha value is -3.46. The van der Waals surface area contributed by atoms with Crippen LogP contribution in [0.1, 0.15) is 0 Å². The van der Waals surface area contributed by atoms with Crippen LogP contribution in [0.2, 0.25) is 0 Å². The number of anilines is 1. The maximum Gasteiger partial charge on any atom is 0.339 e. The minimum absolute atomic E-state index is 0.110. The Morgan fingerprint density at radius 1 is 1.09 bits per heavy atom. The summed E-state index contributed by atoms with van der Waals surface area (Å²) in [5, 5.41) is 11.7. The predicted molar refractivity (Wildman–Crippen MR) is 117 cm³/mol. The molecular formula is C20H20N2O10S2. The van der Waals surface area contributed by atoms with E-state index in [-0.39, 0.29) is 34.9 Å². The first kappa shape index (κ1) is 25.2. The molecule has 2 aromatic rings. The SMILES string of the molecule is COC(=O)C1=C(Nc2cc(S(=O)(=O)O)ccc2OS(=O)(=O)c2ccccc2)C(=O)N(CCO)C1. The topological polar surface area (TPSA) is 177 Å². The van der Waals surface area contributed by atoms with E-state index in [9.17, 15) is 36.1 Å². The van der Waals surface area contributed by atoms with Crippen molar-refractivity contribution < 1.29 is 45.0 Å². The monoisotopic (exact) mass is 512 g/mol. The lowest BCUT2D eigenvalue weighted by atomic mass is 10.2. The van der Waals surface area contributed by atoms with Gasteiger partial charge in [0.1, 0.15) is 10.6 Å². The van der Waals surface area contributed by atoms with E-state index in [1.807, 2.05) is 0 Å². The fourth-order valence-corrected chi connectivity index (χ4v) is 4.55. The number of benzene rings is 2. The number of carbonyl (C=O) groups excluding carboxylic acids is 2. The Bertz CT molecular complexity index is 1350. The highest BCUT2D eigenvalue weighted by Crippen LogP contribution is 2.33. The summed E-state index contributed by atoms with van der Waals surface area (Å²) in [6.45, 7) is -0.721. The van der Waals surface area contributed by atoms with E-state index in [4.69, 9.17) is 4.18 Å². The van der Waals surface area contributed by atoms with Crippen LogP contribution in [0.25, 0.3) is 0 Å². The zero-order chi connectivity index (χ0) is 25.1. The summed E-state index contributed by atoms with van der Waals surface area (Å²) < 4.78 is 67.9. The van der Waals surface area contributed by atoms with E-state index in [1.54, 1.807) is 6.07 Å². The van der Waals surface area contributed by atoms with Crippen molar-refractivity contribution in [1.29, 1.82) is 0 Å². The molecular weight excluding hydrogens is 492 g/mol. The molecule has 34 heavy (non-hydrogen) atoms. The molecule has 12 nitrogen and oxygen atoms in total. The van der Waals surface area contributed by atoms with Crippen molar-refractivity contribution in [3.63, 3.8) is 0 Å². The van der Waals surface area contributed by atoms with Gasteiger partial charge >= 0.3 is 16.1 Å². The van der Waals surface area contributed by atoms with Crippen molar-refractivity contribution in [2.24, 2.45) is 0 Å². The maximum absolute atomic E-state index is 12.8. The van der Waals surface area contributed by atoms with Gasteiger partial charge in [-0.25, -0.2) is 4.79 Å². The number of aliphatic hydroxyl groups excluding tert-OH is 1. The first-order valence-corrected chi connectivity index (χ1v) is 12.4. The average molecular weight is 513 g/mol. The second kappa shape index (κ2) is 9.80. The standard InChI is InChI=1S/C20H20N2O10S2/c1-31-20(25)15-12-22(9-10-23)19(24)18(15)21-16-11-14(33(26,27)28)7-8-17(16)32-34(29,30)13-5-3-2-4-6-13/h2-8,11,21,23H,9-10,12H2,1H3,(H,26,27,28). The Morgan fingerprint density at radius 2 is 1.76 bits per heavy atom. The van der Waals surface area contributed by atoms with Crippen molar-refractivity contribution in [3.05, 3.63) is 59.8 Å². The number of hydrogen-bond donors (Lipinski definition) is 3. The predicted octanol–water partition coefficient (Wildman–Crippen LogP) is 0.375. The van der Waals surface area contributed by atoms with E-state index in [0.717, 1.165) is 30.2 Å². The molecule has 0 radical (unpaired) electrons. The average Bonchev–Trinajstić information content (AvgIpc) is 3.09. The summed E-state index contributed by atoms with van der Waals surface area (Å²) in [5.41, 5.74) is -0.824. The molecule has 0 bridgehead atoms. The number of carbonyl (C=O) groups is 2. The van der Waals surface area contributed by atoms with Gasteiger partial charge in [0.15, 0.2) is 5.75 Å². The van der Waals surface area contributed by atoms with Gasteiger partial charge in [0.05, 0.1) is 36.4 Å². The van der Waals surface area contributed by atoms with E-state index in [2.05, 4.69) is 10.1 Å². The van der Waals surface area contributed by atoms with E-state index >= 15 is 0 Å². The number of hydrogen-bond acceptors (Lipinski definition) is 10. The molecule has 0 saturated carbocycles. The van der Waals surface area contributed by atoms with Crippen LogP contribution in [0.3, 0.4) is 0 Å². The van der Waals surface area contributed by atoms with Gasteiger partial charge in [0.25, 0.3) is 16.0 Å². The van der Waals surface area contributed by atoms with Gasteiger partial charge in [0.2, 0.25) is 0 Å². The van der Waals surface area contributed by atoms with Crippen molar-refractivity contribution >= 4 is 37.8 Å². The van der Waals surface area contributed by atoms with Gasteiger partial charge in [-0.15, -0.1) is 0 Å². The zero-order valence-electron chi connectivity index (χ0n) is 17.7. The summed E-state index contributed by atoms with van der Waals surface area (Å²) in [5.74, 6) is -2.02. The molecule has 3 N–H and O–H groups in total. The summed E-state index contributed by atoms with van der Waals surface area (Å²) in [6.07, 6.45) is 0. The highest BCUT2D eigenvalue weighted by atomic mass is 32.2. The van der Waals surface area contributed by atoms with Gasteiger partial charge < -0.3 is 24.2 Å². The fourth-order valence-electron chi connectivity index (χ4n) is 3.08. The summed E-state index contributed by atoms with van der Waals surface area (Å²) in [4.78, 5) is 25.3. The molecule has 0 aliphatic carbocycles. The number of aliphatic hydroxyl groups is 1. The third-order valence-corrected chi connectivity index (χ3v) is 6.79. The molecule has 182 valence electrons. The molecule has 0 unspecified atom stereocenters. The largest absolute Gasteiger partial charge is 0.466 e. The molecule has 0 saturated heterocycles. The van der Waals surface area contributed by atoms with Crippen LogP contribution < -0.4 is 9.50 Å². The number of methoxy groups -OCH3 is 1. The highest BCUT2D eigenvalue weighted by molar-refractivity contribution is 7.87. The number of β-amino-alcohol motifs (C(OH)–C–C–N with tert-alkyl or cyclic N) is 1. The van der Waals surface area contributed by atoms with E-state index in [0.29, 0.717) is 0 Å². The minimum Gasteiger partial charge on any atom is -0.466 e. The van der Waals surface area contributed by atoms with Gasteiger partial charge in [-0.3, -0.25) is 9.35 Å². The van der Waals surface area contributed by atoms with Crippen LogP contribution in [-0.2, 0) is 34.6 Å². The van der Waals surface area contributed by atoms with E-state index in [1.165, 1.54) is 24.3 Å². The lowest BCUT2D eigenvalue weighted by Gasteiger charge is -2.17. The Labute approximate surface area is 195 Å². The number of ether oxygens (including phenoxy) is 1. The van der Waals surface area contributed by atoms with Crippen molar-refractivity contribution in [2.75, 3.05) is 32.1 Å². The summed E-state index contributed by atoms with van der Waals surface area (Å²) >= 11 is 0. The van der Waals surface area contributed by atoms with Crippen molar-refractivity contribution in [1.82, 2.24) is 4.90 Å². The van der Waals surface area contributed by atoms with Gasteiger partial charge in [-0.05, 0) is 30.3 Å². The van der Waals surface area contributed by atoms with Crippen LogP contribution in [0.5, 0.6) is 5.75 Å². The molecule has 14 heteroatoms. The summed E-state index contributed by atoms with van der Waals surface area (Å²) in [7, 11) is -8.00. The molecule has 0 aromatic heterocycles. The maximum atomic E-state index is 12.8. The van der Waals surface area contributed by atoms with Crippen LogP contribution in [0.15, 0.2) is 69.6 Å². The van der Waals surface area contributed by atoms with Crippen molar-refractivity contribution in [3.8, 4) is 5.75 Å². The summed E-state index contributed by atoms with van der Waals surface area (Å²) in [6, 6.07) is 9.80. The van der Waals surface area contributed by atoms with Crippen LogP contribution >= 0.6 is 0 Å². The third kappa shape index (κ3) is 5.36. The molecule has 2 aromatic carbocycles. The number of rotatable bonds is 9. The minimum atomic E-state index is -4.72. The van der Waals surface area contributed by atoms with Crippen LogP contribution in [-0.4, -0.2) is 70.1 Å². The first-order chi connectivity index (χ1) is 16.0.